The number of guanidine groups is 1. The van der Waals surface area contributed by atoms with E-state index >= 15 is 0 Å². The maximum atomic E-state index is 12.5. The molecule has 2 aliphatic heterocycles. The molecule has 2 saturated heterocycles. The lowest BCUT2D eigenvalue weighted by Gasteiger charge is -2.42. The molecule has 2 fully saturated rings. The molecule has 0 bridgehead atoms. The second-order valence-corrected chi connectivity index (χ2v) is 11.0. The van der Waals surface area contributed by atoms with E-state index in [1.54, 1.807) is 11.4 Å². The van der Waals surface area contributed by atoms with E-state index in [0.29, 0.717) is 26.2 Å². The Bertz CT molecular complexity index is 628. The first-order valence-electron chi connectivity index (χ1n) is 11.0. The highest BCUT2D eigenvalue weighted by molar-refractivity contribution is 14.0. The minimum atomic E-state index is -3.27. The number of nitrogens with zero attached hydrogens (tertiary/aromatic N) is 4. The van der Waals surface area contributed by atoms with Gasteiger partial charge in [0.05, 0.1) is 18.5 Å². The molecule has 0 aromatic carbocycles. The van der Waals surface area contributed by atoms with Gasteiger partial charge in [0.15, 0.2) is 5.96 Å². The van der Waals surface area contributed by atoms with Gasteiger partial charge in [-0.15, -0.1) is 24.0 Å². The average molecular weight is 560 g/mol. The van der Waals surface area contributed by atoms with Gasteiger partial charge in [-0.25, -0.2) is 8.42 Å². The van der Waals surface area contributed by atoms with Crippen LogP contribution in [0.5, 0.6) is 0 Å². The quantitative estimate of drug-likeness (QED) is 0.278. The lowest BCUT2D eigenvalue weighted by Crippen LogP contribution is -2.58. The first-order valence-corrected chi connectivity index (χ1v) is 12.6. The Balaban J connectivity index is 0.00000450. The van der Waals surface area contributed by atoms with Crippen molar-refractivity contribution in [3.63, 3.8) is 0 Å². The fraction of sp³-hybridized carbons (Fsp3) is 0.950. The molecule has 0 aromatic heterocycles. The molecule has 2 aliphatic rings. The van der Waals surface area contributed by atoms with E-state index < -0.39 is 10.0 Å². The zero-order valence-corrected chi connectivity index (χ0v) is 22.5. The highest BCUT2D eigenvalue weighted by atomic mass is 127. The van der Waals surface area contributed by atoms with Gasteiger partial charge in [0.25, 0.3) is 0 Å². The second kappa shape index (κ2) is 12.8. The van der Waals surface area contributed by atoms with Crippen molar-refractivity contribution in [1.82, 2.24) is 19.4 Å². The average Bonchev–Trinajstić information content (AvgIpc) is 2.69. The number of piperazine rings is 1. The van der Waals surface area contributed by atoms with Crippen molar-refractivity contribution in [2.24, 2.45) is 4.99 Å². The van der Waals surface area contributed by atoms with Crippen LogP contribution in [0.2, 0.25) is 0 Å². The molecule has 0 unspecified atom stereocenters. The molecule has 2 rings (SSSR count). The topological polar surface area (TPSA) is 77.5 Å². The monoisotopic (exact) mass is 559 g/mol. The summed E-state index contributed by atoms with van der Waals surface area (Å²) >= 11 is 0. The molecule has 178 valence electrons. The van der Waals surface area contributed by atoms with Gasteiger partial charge in [0.1, 0.15) is 0 Å². The molecule has 8 nitrogen and oxygen atoms in total. The van der Waals surface area contributed by atoms with Gasteiger partial charge in [0.2, 0.25) is 10.0 Å². The summed E-state index contributed by atoms with van der Waals surface area (Å²) in [6, 6.07) is 0. The molecule has 0 spiro atoms. The summed E-state index contributed by atoms with van der Waals surface area (Å²) in [5.41, 5.74) is 0.0674. The first-order chi connectivity index (χ1) is 13.7. The maximum absolute atomic E-state index is 12.5. The number of nitrogens with one attached hydrogen (secondary N) is 1. The fourth-order valence-electron chi connectivity index (χ4n) is 3.93. The molecule has 0 amide bonds. The molecular weight excluding hydrogens is 517 g/mol. The van der Waals surface area contributed by atoms with E-state index in [9.17, 15) is 8.42 Å². The molecule has 2 heterocycles. The first kappa shape index (κ1) is 27.9. The zero-order chi connectivity index (χ0) is 21.5. The van der Waals surface area contributed by atoms with E-state index in [1.807, 2.05) is 13.8 Å². The van der Waals surface area contributed by atoms with Gasteiger partial charge in [-0.05, 0) is 53.6 Å². The van der Waals surface area contributed by atoms with Crippen LogP contribution in [0.3, 0.4) is 0 Å². The lowest BCUT2D eigenvalue weighted by molar-refractivity contribution is 0.0904. The van der Waals surface area contributed by atoms with Crippen molar-refractivity contribution < 1.29 is 13.2 Å². The van der Waals surface area contributed by atoms with Crippen molar-refractivity contribution in [3.05, 3.63) is 0 Å². The van der Waals surface area contributed by atoms with Gasteiger partial charge in [-0.1, -0.05) is 6.42 Å². The number of sulfonamides is 1. The predicted molar refractivity (Wildman–Crippen MR) is 134 cm³/mol. The summed E-state index contributed by atoms with van der Waals surface area (Å²) in [6.45, 7) is 14.0. The van der Waals surface area contributed by atoms with Gasteiger partial charge in [0, 0.05) is 45.3 Å². The van der Waals surface area contributed by atoms with Crippen LogP contribution in [-0.2, 0) is 14.8 Å². The SMILES string of the molecule is CN=C(NCC(C)(C)N1CCCCC1)N1CCN(S(=O)(=O)CCOC(C)C)CC1.I. The fourth-order valence-corrected chi connectivity index (χ4v) is 5.22. The Kier molecular flexibility index (Phi) is 11.9. The number of halogens is 1. The van der Waals surface area contributed by atoms with Gasteiger partial charge < -0.3 is 15.0 Å². The van der Waals surface area contributed by atoms with Crippen LogP contribution in [0.25, 0.3) is 0 Å². The van der Waals surface area contributed by atoms with Gasteiger partial charge in [-0.3, -0.25) is 9.89 Å². The van der Waals surface area contributed by atoms with Crippen LogP contribution in [0, 0.1) is 0 Å². The van der Waals surface area contributed by atoms with Crippen LogP contribution >= 0.6 is 24.0 Å². The van der Waals surface area contributed by atoms with E-state index in [4.69, 9.17) is 4.74 Å². The number of hydrogen-bond donors (Lipinski definition) is 1. The number of hydrogen-bond acceptors (Lipinski definition) is 5. The largest absolute Gasteiger partial charge is 0.378 e. The zero-order valence-electron chi connectivity index (χ0n) is 19.4. The maximum Gasteiger partial charge on any atom is 0.216 e. The Morgan fingerprint density at radius 1 is 1.07 bits per heavy atom. The highest BCUT2D eigenvalue weighted by Gasteiger charge is 2.31. The molecule has 0 aromatic rings. The summed E-state index contributed by atoms with van der Waals surface area (Å²) < 4.78 is 32.0. The van der Waals surface area contributed by atoms with Crippen LogP contribution in [0.4, 0.5) is 0 Å². The van der Waals surface area contributed by atoms with Gasteiger partial charge in [-0.2, -0.15) is 4.31 Å². The standard InChI is InChI=1S/C20H41N5O3S.HI/c1-18(2)28-15-16-29(26,27)25-13-11-23(12-14-25)19(21-5)22-17-20(3,4)24-9-7-6-8-10-24;/h18H,6-17H2,1-5H3,(H,21,22);1H. The van der Waals surface area contributed by atoms with Crippen molar-refractivity contribution in [1.29, 1.82) is 0 Å². The molecule has 0 saturated carbocycles. The normalized spacial score (nSPS) is 20.3. The third-order valence-electron chi connectivity index (χ3n) is 5.83. The van der Waals surface area contributed by atoms with E-state index in [1.165, 1.54) is 19.3 Å². The summed E-state index contributed by atoms with van der Waals surface area (Å²) in [5, 5.41) is 3.52. The minimum Gasteiger partial charge on any atom is -0.378 e. The molecule has 10 heteroatoms. The van der Waals surface area contributed by atoms with E-state index in [2.05, 4.69) is 34.0 Å². The van der Waals surface area contributed by atoms with Crippen molar-refractivity contribution in [2.45, 2.75) is 58.6 Å². The predicted octanol–water partition coefficient (Wildman–Crippen LogP) is 1.82. The summed E-state index contributed by atoms with van der Waals surface area (Å²) in [6.07, 6.45) is 3.93. The summed E-state index contributed by atoms with van der Waals surface area (Å²) in [7, 11) is -1.48. The third-order valence-corrected chi connectivity index (χ3v) is 7.66. The number of likely N-dealkylation sites (tertiary alicyclic amines) is 1. The van der Waals surface area contributed by atoms with Crippen LogP contribution in [0.1, 0.15) is 47.0 Å². The molecular formula is C20H42IN5O3S. The van der Waals surface area contributed by atoms with E-state index in [0.717, 1.165) is 25.6 Å². The Labute approximate surface area is 200 Å². The molecule has 0 atom stereocenters. The van der Waals surface area contributed by atoms with Crippen LogP contribution in [-0.4, -0.2) is 105 Å². The number of ether oxygens (including phenoxy) is 1. The molecule has 0 radical (unpaired) electrons. The molecule has 0 aliphatic carbocycles. The Hall–Kier alpha value is -0.170. The summed E-state index contributed by atoms with van der Waals surface area (Å²) in [4.78, 5) is 9.15. The Morgan fingerprint density at radius 3 is 2.20 bits per heavy atom. The van der Waals surface area contributed by atoms with Crippen molar-refractivity contribution in [3.8, 4) is 0 Å². The minimum absolute atomic E-state index is 0. The number of rotatable bonds is 8. The smallest absolute Gasteiger partial charge is 0.216 e. The van der Waals surface area contributed by atoms with Crippen LogP contribution < -0.4 is 5.32 Å². The Morgan fingerprint density at radius 2 is 1.67 bits per heavy atom. The molecule has 30 heavy (non-hydrogen) atoms. The van der Waals surface area contributed by atoms with Crippen molar-refractivity contribution >= 4 is 40.0 Å². The van der Waals surface area contributed by atoms with Crippen LogP contribution in [0.15, 0.2) is 4.99 Å². The number of aliphatic imine (C=N–C) groups is 1. The molecule has 1 N–H and O–H groups in total. The van der Waals surface area contributed by atoms with Gasteiger partial charge >= 0.3 is 0 Å². The van der Waals surface area contributed by atoms with E-state index in [-0.39, 0.29) is 48.0 Å². The van der Waals surface area contributed by atoms with Crippen molar-refractivity contribution in [2.75, 3.05) is 65.2 Å². The second-order valence-electron chi connectivity index (χ2n) is 8.88. The number of piperidine rings is 1. The summed E-state index contributed by atoms with van der Waals surface area (Å²) in [5.74, 6) is 0.901. The highest BCUT2D eigenvalue weighted by Crippen LogP contribution is 2.20. The lowest BCUT2D eigenvalue weighted by atomic mass is 9.98. The third kappa shape index (κ3) is 8.40.